The second-order valence-corrected chi connectivity index (χ2v) is 4.17. The van der Waals surface area contributed by atoms with Crippen molar-refractivity contribution in [3.05, 3.63) is 0 Å². The van der Waals surface area contributed by atoms with Crippen molar-refractivity contribution in [1.29, 1.82) is 0 Å². The summed E-state index contributed by atoms with van der Waals surface area (Å²) in [7, 11) is 0. The van der Waals surface area contributed by atoms with Gasteiger partial charge in [0.2, 0.25) is 23.7 Å². The fourth-order valence-electron chi connectivity index (χ4n) is 1.97. The minimum absolute atomic E-state index is 0.0146. The number of nitrogens with one attached hydrogen (secondary N) is 1. The first-order chi connectivity index (χ1) is 9.55. The van der Waals surface area contributed by atoms with Crippen LogP contribution < -0.4 is 20.7 Å². The predicted octanol–water partition coefficient (Wildman–Crippen LogP) is -0.906. The van der Waals surface area contributed by atoms with Crippen LogP contribution in [0.1, 0.15) is 20.3 Å². The minimum Gasteiger partial charge on any atom is -0.464 e. The van der Waals surface area contributed by atoms with E-state index in [1.54, 1.807) is 6.92 Å². The Kier molecular flexibility index (Phi) is 3.97. The summed E-state index contributed by atoms with van der Waals surface area (Å²) >= 11 is 0. The van der Waals surface area contributed by atoms with Crippen LogP contribution in [-0.4, -0.2) is 46.0 Å². The number of rotatable bonds is 4. The number of hydrogen-bond donors (Lipinski definition) is 2. The number of nitrogen functional groups attached to an aromatic ring is 1. The standard InChI is InChI=1S/C11H16N6O3/c1-3-6-8(19)13-7(18)5-17(6)10-14-9(12)15-11(16-10)20-4-2/h6H,3-5H2,1-2H3,(H,13,18,19)(H2,12,14,15,16). The van der Waals surface area contributed by atoms with Gasteiger partial charge in [0.25, 0.3) is 0 Å². The zero-order valence-corrected chi connectivity index (χ0v) is 11.3. The van der Waals surface area contributed by atoms with Gasteiger partial charge in [-0.25, -0.2) is 0 Å². The number of anilines is 2. The number of carbonyl (C=O) groups is 2. The first kappa shape index (κ1) is 14.0. The molecule has 1 aromatic rings. The molecular weight excluding hydrogens is 264 g/mol. The fraction of sp³-hybridized carbons (Fsp3) is 0.545. The van der Waals surface area contributed by atoms with Crippen LogP contribution in [0.2, 0.25) is 0 Å². The Morgan fingerprint density at radius 2 is 2.10 bits per heavy atom. The van der Waals surface area contributed by atoms with Gasteiger partial charge in [0.05, 0.1) is 6.61 Å². The van der Waals surface area contributed by atoms with Crippen molar-refractivity contribution in [3.63, 3.8) is 0 Å². The number of amides is 2. The molecule has 1 saturated heterocycles. The highest BCUT2D eigenvalue weighted by atomic mass is 16.5. The van der Waals surface area contributed by atoms with E-state index in [-0.39, 0.29) is 30.4 Å². The third kappa shape index (κ3) is 2.76. The number of ether oxygens (including phenoxy) is 1. The molecule has 1 aromatic heterocycles. The monoisotopic (exact) mass is 280 g/mol. The van der Waals surface area contributed by atoms with Gasteiger partial charge in [0.1, 0.15) is 12.6 Å². The molecule has 20 heavy (non-hydrogen) atoms. The average Bonchev–Trinajstić information content (AvgIpc) is 2.37. The highest BCUT2D eigenvalue weighted by Crippen LogP contribution is 2.19. The molecule has 1 aliphatic heterocycles. The zero-order chi connectivity index (χ0) is 14.7. The molecule has 9 heteroatoms. The second-order valence-electron chi connectivity index (χ2n) is 4.17. The Morgan fingerprint density at radius 1 is 1.35 bits per heavy atom. The summed E-state index contributed by atoms with van der Waals surface area (Å²) in [5, 5.41) is 2.28. The van der Waals surface area contributed by atoms with E-state index in [2.05, 4.69) is 20.3 Å². The summed E-state index contributed by atoms with van der Waals surface area (Å²) in [6.07, 6.45) is 0.509. The lowest BCUT2D eigenvalue weighted by atomic mass is 10.1. The third-order valence-corrected chi connectivity index (χ3v) is 2.79. The first-order valence-corrected chi connectivity index (χ1v) is 6.29. The Bertz CT molecular complexity index is 535. The van der Waals surface area contributed by atoms with Crippen LogP contribution in [0.4, 0.5) is 11.9 Å². The minimum atomic E-state index is -0.524. The molecule has 2 heterocycles. The highest BCUT2D eigenvalue weighted by Gasteiger charge is 2.34. The van der Waals surface area contributed by atoms with E-state index < -0.39 is 11.9 Å². The quantitative estimate of drug-likeness (QED) is 0.680. The third-order valence-electron chi connectivity index (χ3n) is 2.79. The van der Waals surface area contributed by atoms with Gasteiger partial charge in [-0.3, -0.25) is 14.9 Å². The van der Waals surface area contributed by atoms with Gasteiger partial charge in [-0.2, -0.15) is 15.0 Å². The normalized spacial score (nSPS) is 18.9. The van der Waals surface area contributed by atoms with E-state index in [0.717, 1.165) is 0 Å². The number of hydrogen-bond acceptors (Lipinski definition) is 8. The van der Waals surface area contributed by atoms with Crippen LogP contribution >= 0.6 is 0 Å². The number of piperazine rings is 1. The lowest BCUT2D eigenvalue weighted by Crippen LogP contribution is -2.58. The van der Waals surface area contributed by atoms with E-state index in [4.69, 9.17) is 10.5 Å². The highest BCUT2D eigenvalue weighted by molar-refractivity contribution is 6.04. The van der Waals surface area contributed by atoms with Gasteiger partial charge in [-0.1, -0.05) is 6.92 Å². The van der Waals surface area contributed by atoms with E-state index in [1.165, 1.54) is 4.90 Å². The summed E-state index contributed by atoms with van der Waals surface area (Å²) in [5.74, 6) is -0.639. The van der Waals surface area contributed by atoms with Gasteiger partial charge >= 0.3 is 6.01 Å². The Hall–Kier alpha value is -2.45. The van der Waals surface area contributed by atoms with E-state index in [9.17, 15) is 9.59 Å². The summed E-state index contributed by atoms with van der Waals surface area (Å²) < 4.78 is 5.19. The lowest BCUT2D eigenvalue weighted by Gasteiger charge is -2.33. The Labute approximate surface area is 115 Å². The number of imide groups is 1. The molecule has 2 rings (SSSR count). The predicted molar refractivity (Wildman–Crippen MR) is 70.0 cm³/mol. The molecule has 1 aliphatic rings. The van der Waals surface area contributed by atoms with Gasteiger partial charge in [0, 0.05) is 0 Å². The van der Waals surface area contributed by atoms with Crippen LogP contribution in [0.3, 0.4) is 0 Å². The number of nitrogens with zero attached hydrogens (tertiary/aromatic N) is 4. The summed E-state index contributed by atoms with van der Waals surface area (Å²) in [6.45, 7) is 3.98. The molecule has 1 unspecified atom stereocenters. The van der Waals surface area contributed by atoms with E-state index >= 15 is 0 Å². The summed E-state index contributed by atoms with van der Waals surface area (Å²) in [4.78, 5) is 36.7. The fourth-order valence-corrected chi connectivity index (χ4v) is 1.97. The molecule has 3 N–H and O–H groups in total. The van der Waals surface area contributed by atoms with Crippen LogP contribution in [0.5, 0.6) is 6.01 Å². The largest absolute Gasteiger partial charge is 0.464 e. The zero-order valence-electron chi connectivity index (χ0n) is 11.3. The van der Waals surface area contributed by atoms with Crippen LogP contribution in [-0.2, 0) is 9.59 Å². The van der Waals surface area contributed by atoms with Gasteiger partial charge in [0.15, 0.2) is 0 Å². The first-order valence-electron chi connectivity index (χ1n) is 6.29. The van der Waals surface area contributed by atoms with Crippen LogP contribution in [0.25, 0.3) is 0 Å². The maximum absolute atomic E-state index is 11.8. The van der Waals surface area contributed by atoms with Crippen molar-refractivity contribution < 1.29 is 14.3 Å². The van der Waals surface area contributed by atoms with Gasteiger partial charge in [-0.05, 0) is 13.3 Å². The van der Waals surface area contributed by atoms with Crippen LogP contribution in [0, 0.1) is 0 Å². The topological polar surface area (TPSA) is 123 Å². The smallest absolute Gasteiger partial charge is 0.323 e. The van der Waals surface area contributed by atoms with Gasteiger partial charge < -0.3 is 15.4 Å². The molecule has 0 aromatic carbocycles. The molecule has 2 amide bonds. The molecule has 0 bridgehead atoms. The lowest BCUT2D eigenvalue weighted by molar-refractivity contribution is -0.133. The number of aromatic nitrogens is 3. The summed E-state index contributed by atoms with van der Waals surface area (Å²) in [5.41, 5.74) is 5.60. The SMILES string of the molecule is CCOc1nc(N)nc(N2CC(=O)NC(=O)C2CC)n1. The van der Waals surface area contributed by atoms with Crippen molar-refractivity contribution in [2.45, 2.75) is 26.3 Å². The molecule has 0 spiro atoms. The van der Waals surface area contributed by atoms with Crippen molar-refractivity contribution in [2.75, 3.05) is 23.8 Å². The summed E-state index contributed by atoms with van der Waals surface area (Å²) in [6, 6.07) is -0.452. The number of nitrogens with two attached hydrogens (primary N) is 1. The van der Waals surface area contributed by atoms with Crippen molar-refractivity contribution in [1.82, 2.24) is 20.3 Å². The molecule has 1 atom stereocenters. The Morgan fingerprint density at radius 3 is 2.75 bits per heavy atom. The average molecular weight is 280 g/mol. The second kappa shape index (κ2) is 5.68. The van der Waals surface area contributed by atoms with Crippen molar-refractivity contribution in [3.8, 4) is 6.01 Å². The Balaban J connectivity index is 2.36. The number of carbonyl (C=O) groups excluding carboxylic acids is 2. The maximum atomic E-state index is 11.8. The van der Waals surface area contributed by atoms with Crippen molar-refractivity contribution >= 4 is 23.7 Å². The molecule has 0 aliphatic carbocycles. The van der Waals surface area contributed by atoms with Crippen LogP contribution in [0.15, 0.2) is 0 Å². The molecule has 0 saturated carbocycles. The molecule has 108 valence electrons. The van der Waals surface area contributed by atoms with E-state index in [1.807, 2.05) is 6.92 Å². The molecular formula is C11H16N6O3. The maximum Gasteiger partial charge on any atom is 0.323 e. The van der Waals surface area contributed by atoms with Crippen molar-refractivity contribution in [2.24, 2.45) is 0 Å². The molecule has 1 fully saturated rings. The van der Waals surface area contributed by atoms with E-state index in [0.29, 0.717) is 13.0 Å². The van der Waals surface area contributed by atoms with Gasteiger partial charge in [-0.15, -0.1) is 0 Å². The molecule has 9 nitrogen and oxygen atoms in total. The molecule has 0 radical (unpaired) electrons.